The van der Waals surface area contributed by atoms with Crippen molar-refractivity contribution in [1.82, 2.24) is 9.97 Å². The largest absolute Gasteiger partial charge is 0.759 e. The Bertz CT molecular complexity index is 1750. The van der Waals surface area contributed by atoms with Gasteiger partial charge in [0.05, 0.1) is 37.2 Å². The standard InChI is InChI=1S/2C19H22N2O.H2O4S/c2*1-2-13-12-21-10-8-14(13)11-18(21)19(22)16-7-9-20-17-6-4-3-5-15(16)17;1-5(2,3)4/h2*2-7,9,13-14,18-19,22H,1,8,10-12H2;(H2,1,2,3,4). The molecule has 0 spiro atoms. The van der Waals surface area contributed by atoms with E-state index in [1.165, 1.54) is 25.9 Å². The van der Waals surface area contributed by atoms with E-state index in [1.54, 1.807) is 9.80 Å². The molecule has 0 amide bonds. The molecule has 6 fully saturated rings. The highest BCUT2D eigenvalue weighted by molar-refractivity contribution is 7.79. The van der Waals surface area contributed by atoms with Gasteiger partial charge in [-0.2, -0.15) is 0 Å². The fourth-order valence-electron chi connectivity index (χ4n) is 9.00. The minimum atomic E-state index is -5.17. The number of piperidine rings is 6. The minimum Gasteiger partial charge on any atom is -0.759 e. The van der Waals surface area contributed by atoms with Crippen molar-refractivity contribution < 1.29 is 37.5 Å². The highest BCUT2D eigenvalue weighted by atomic mass is 32.3. The van der Waals surface area contributed by atoms with Gasteiger partial charge in [0, 0.05) is 71.1 Å². The van der Waals surface area contributed by atoms with Gasteiger partial charge in [-0.25, -0.2) is 0 Å². The highest BCUT2D eigenvalue weighted by Crippen LogP contribution is 2.35. The molecule has 2 aromatic carbocycles. The molecule has 260 valence electrons. The third-order valence-electron chi connectivity index (χ3n) is 11.4. The first-order chi connectivity index (χ1) is 23.6. The number of hydrogen-bond acceptors (Lipinski definition) is 8. The molecule has 0 radical (unpaired) electrons. The van der Waals surface area contributed by atoms with E-state index in [4.69, 9.17) is 17.5 Å². The molecular formula is C38H46N4O6S. The van der Waals surface area contributed by atoms with Gasteiger partial charge in [0.15, 0.2) is 0 Å². The van der Waals surface area contributed by atoms with Gasteiger partial charge in [0.2, 0.25) is 0 Å². The number of aliphatic hydroxyl groups excluding tert-OH is 2. The first kappa shape index (κ1) is 35.3. The van der Waals surface area contributed by atoms with Crippen LogP contribution in [0.5, 0.6) is 0 Å². The van der Waals surface area contributed by atoms with Gasteiger partial charge in [0.1, 0.15) is 24.3 Å². The number of nitrogens with zero attached hydrogens (tertiary/aromatic N) is 2. The molecule has 6 saturated heterocycles. The molecule has 6 aliphatic rings. The summed E-state index contributed by atoms with van der Waals surface area (Å²) in [4.78, 5) is 11.9. The van der Waals surface area contributed by atoms with Crippen LogP contribution in [0.2, 0.25) is 0 Å². The van der Waals surface area contributed by atoms with Crippen molar-refractivity contribution in [2.75, 3.05) is 26.2 Å². The second-order valence-electron chi connectivity index (χ2n) is 13.9. The normalized spacial score (nSPS) is 30.0. The quantitative estimate of drug-likeness (QED) is 0.137. The number of aliphatic hydroxyl groups is 2. The van der Waals surface area contributed by atoms with Crippen molar-refractivity contribution in [2.24, 2.45) is 23.7 Å². The van der Waals surface area contributed by atoms with Crippen molar-refractivity contribution in [3.8, 4) is 0 Å². The number of pyridine rings is 2. The van der Waals surface area contributed by atoms with E-state index >= 15 is 0 Å². The number of nitrogens with one attached hydrogen (secondary N) is 2. The van der Waals surface area contributed by atoms with Gasteiger partial charge in [-0.05, 0) is 47.2 Å². The predicted octanol–water partition coefficient (Wildman–Crippen LogP) is 2.16. The zero-order valence-corrected chi connectivity index (χ0v) is 28.4. The number of rotatable bonds is 6. The summed E-state index contributed by atoms with van der Waals surface area (Å²) in [5.41, 5.74) is 4.00. The average molecular weight is 687 g/mol. The molecule has 10 rings (SSSR count). The summed E-state index contributed by atoms with van der Waals surface area (Å²) in [7, 11) is -5.17. The van der Waals surface area contributed by atoms with Crippen molar-refractivity contribution in [1.29, 1.82) is 0 Å². The Morgan fingerprint density at radius 1 is 0.714 bits per heavy atom. The number of para-hydroxylation sites is 2. The minimum absolute atomic E-state index is 0.306. The number of quaternary nitrogens is 2. The molecule has 0 saturated carbocycles. The summed E-state index contributed by atoms with van der Waals surface area (Å²) in [6.07, 6.45) is 11.8. The van der Waals surface area contributed by atoms with E-state index in [0.717, 1.165) is 58.9 Å². The monoisotopic (exact) mass is 686 g/mol. The zero-order valence-electron chi connectivity index (χ0n) is 27.6. The zero-order chi connectivity index (χ0) is 34.7. The van der Waals surface area contributed by atoms with Crippen molar-refractivity contribution in [3.63, 3.8) is 0 Å². The molecule has 4 aromatic rings. The van der Waals surface area contributed by atoms with E-state index in [1.807, 2.05) is 60.9 Å². The molecule has 10 atom stereocenters. The first-order valence-electron chi connectivity index (χ1n) is 17.2. The molecule has 2 aromatic heterocycles. The van der Waals surface area contributed by atoms with Crippen LogP contribution >= 0.6 is 0 Å². The first-order valence-corrected chi connectivity index (χ1v) is 18.5. The van der Waals surface area contributed by atoms with E-state index in [2.05, 4.69) is 47.4 Å². The average Bonchev–Trinajstić information content (AvgIpc) is 3.13. The Balaban J connectivity index is 0.000000150. The fraction of sp³-hybridized carbons (Fsp3) is 0.421. The van der Waals surface area contributed by atoms with Crippen molar-refractivity contribution >= 4 is 32.2 Å². The lowest BCUT2D eigenvalue weighted by molar-refractivity contribution is -0.949. The summed E-state index contributed by atoms with van der Waals surface area (Å²) in [6, 6.07) is 20.8. The Morgan fingerprint density at radius 2 is 1.10 bits per heavy atom. The molecule has 4 bridgehead atoms. The van der Waals surface area contributed by atoms with Crippen LogP contribution in [0.25, 0.3) is 21.8 Å². The number of aromatic nitrogens is 2. The number of benzene rings is 2. The summed E-state index contributed by atoms with van der Waals surface area (Å²) in [6.45, 7) is 12.6. The second-order valence-corrected chi connectivity index (χ2v) is 14.8. The number of hydrogen-bond donors (Lipinski definition) is 4. The summed E-state index contributed by atoms with van der Waals surface area (Å²) >= 11 is 0. The molecule has 6 aliphatic heterocycles. The van der Waals surface area contributed by atoms with Crippen LogP contribution in [-0.2, 0) is 10.4 Å². The van der Waals surface area contributed by atoms with Crippen molar-refractivity contribution in [3.05, 3.63) is 109 Å². The van der Waals surface area contributed by atoms with Gasteiger partial charge in [0.25, 0.3) is 0 Å². The second kappa shape index (κ2) is 15.1. The fourth-order valence-corrected chi connectivity index (χ4v) is 9.00. The van der Waals surface area contributed by atoms with Gasteiger partial charge in [-0.1, -0.05) is 48.6 Å². The van der Waals surface area contributed by atoms with Crippen LogP contribution in [0, 0.1) is 23.7 Å². The van der Waals surface area contributed by atoms with E-state index < -0.39 is 22.6 Å². The third kappa shape index (κ3) is 7.94. The van der Waals surface area contributed by atoms with Crippen LogP contribution in [0.1, 0.15) is 49.0 Å². The molecule has 8 heterocycles. The van der Waals surface area contributed by atoms with Gasteiger partial charge >= 0.3 is 0 Å². The summed E-state index contributed by atoms with van der Waals surface area (Å²) in [5, 5.41) is 24.3. The van der Waals surface area contributed by atoms with Crippen LogP contribution in [0.4, 0.5) is 0 Å². The molecule has 4 N–H and O–H groups in total. The van der Waals surface area contributed by atoms with E-state index in [0.29, 0.717) is 35.8 Å². The molecule has 0 aliphatic carbocycles. The van der Waals surface area contributed by atoms with Gasteiger partial charge < -0.3 is 29.1 Å². The maximum absolute atomic E-state index is 11.0. The Kier molecular flexibility index (Phi) is 10.9. The Morgan fingerprint density at radius 3 is 1.45 bits per heavy atom. The molecule has 10 unspecified atom stereocenters. The summed E-state index contributed by atoms with van der Waals surface area (Å²) < 4.78 is 34.1. The van der Waals surface area contributed by atoms with E-state index in [-0.39, 0.29) is 0 Å². The lowest BCUT2D eigenvalue weighted by Crippen LogP contribution is -3.20. The topological polar surface area (TPSA) is 155 Å². The highest BCUT2D eigenvalue weighted by Gasteiger charge is 2.47. The maximum atomic E-state index is 11.0. The van der Waals surface area contributed by atoms with Crippen LogP contribution in [0.15, 0.2) is 98.4 Å². The number of fused-ring (bicyclic) bond motifs is 8. The van der Waals surface area contributed by atoms with E-state index in [9.17, 15) is 10.2 Å². The van der Waals surface area contributed by atoms with Gasteiger partial charge in [-0.15, -0.1) is 13.2 Å². The van der Waals surface area contributed by atoms with Crippen LogP contribution < -0.4 is 9.80 Å². The molecule has 11 heteroatoms. The predicted molar refractivity (Wildman–Crippen MR) is 186 cm³/mol. The Labute approximate surface area is 288 Å². The molecular weight excluding hydrogens is 641 g/mol. The maximum Gasteiger partial charge on any atom is 0.131 e. The SMILES string of the molecule is C=CC1C[NH+]2CCC1CC2C(O)c1ccnc2ccccc12.C=CC1C[NH+]2CCC1CC2C(O)c1ccnc2ccccc12.O=S(=O)([O-])[O-]. The lowest BCUT2D eigenvalue weighted by Gasteiger charge is -2.47. The van der Waals surface area contributed by atoms with Crippen LogP contribution in [0.3, 0.4) is 0 Å². The third-order valence-corrected chi connectivity index (χ3v) is 11.4. The van der Waals surface area contributed by atoms with Crippen LogP contribution in [-0.4, -0.2) is 76.0 Å². The summed E-state index contributed by atoms with van der Waals surface area (Å²) in [5.74, 6) is 2.65. The Hall–Kier alpha value is -3.55. The van der Waals surface area contributed by atoms with Gasteiger partial charge in [-0.3, -0.25) is 18.4 Å². The smallest absolute Gasteiger partial charge is 0.131 e. The van der Waals surface area contributed by atoms with Crippen molar-refractivity contribution in [2.45, 2.75) is 50.0 Å². The molecule has 49 heavy (non-hydrogen) atoms. The lowest BCUT2D eigenvalue weighted by atomic mass is 9.73. The molecule has 10 nitrogen and oxygen atoms in total.